The fourth-order valence-electron chi connectivity index (χ4n) is 0. The molecular formula is F4NbSn. The Labute approximate surface area is 54.4 Å². The molecule has 0 nitrogen and oxygen atoms in total. The molecule has 0 N–H and O–H groups in total. The molecular weight excluding hydrogens is 288 g/mol. The topological polar surface area (TPSA) is 0 Å². The van der Waals surface area contributed by atoms with Crippen LogP contribution in [0.2, 0.25) is 0 Å². The van der Waals surface area contributed by atoms with Crippen molar-refractivity contribution in [3.63, 3.8) is 0 Å². The van der Waals surface area contributed by atoms with Gasteiger partial charge >= 0.3 is 32.1 Å². The Bertz CT molecular complexity index is 23.0. The molecule has 1 radical (unpaired) electrons. The zero-order valence-corrected chi connectivity index (χ0v) is 7.51. The zero-order valence-electron chi connectivity index (χ0n) is 2.46. The van der Waals surface area contributed by atoms with E-state index in [4.69, 9.17) is 0 Å². The molecule has 0 rings (SSSR count). The third-order valence-electron chi connectivity index (χ3n) is 0. The van der Waals surface area contributed by atoms with Crippen molar-refractivity contribution in [2.24, 2.45) is 0 Å². The molecule has 6 heteroatoms. The molecule has 0 atom stereocenters. The van der Waals surface area contributed by atoms with Gasteiger partial charge in [-0.2, -0.15) is 0 Å². The van der Waals surface area contributed by atoms with Crippen molar-refractivity contribution in [2.75, 3.05) is 0 Å². The molecule has 0 saturated carbocycles. The van der Waals surface area contributed by atoms with Crippen molar-refractivity contribution in [2.45, 2.75) is 0 Å². The Morgan fingerprint density at radius 2 is 0.833 bits per heavy atom. The molecule has 0 aliphatic rings. The molecule has 0 unspecified atom stereocenters. The van der Waals surface area contributed by atoms with E-state index in [-0.39, 0.29) is 22.4 Å². The minimum atomic E-state index is -7.18. The van der Waals surface area contributed by atoms with Crippen LogP contribution in [0.5, 0.6) is 0 Å². The normalized spacial score (nSPS) is 10.0. The zero-order chi connectivity index (χ0) is 4.50. The van der Waals surface area contributed by atoms with Crippen molar-refractivity contribution in [3.05, 3.63) is 0 Å². The van der Waals surface area contributed by atoms with E-state index in [1.807, 2.05) is 0 Å². The van der Waals surface area contributed by atoms with Crippen LogP contribution < -0.4 is 0 Å². The summed E-state index contributed by atoms with van der Waals surface area (Å²) in [6, 6.07) is 0. The van der Waals surface area contributed by atoms with Crippen LogP contribution in [0.4, 0.5) is 11.5 Å². The van der Waals surface area contributed by atoms with E-state index >= 15 is 0 Å². The van der Waals surface area contributed by atoms with Crippen molar-refractivity contribution in [1.29, 1.82) is 0 Å². The second kappa shape index (κ2) is 3.29. The Morgan fingerprint density at radius 3 is 0.833 bits per heavy atom. The van der Waals surface area contributed by atoms with Crippen LogP contribution >= 0.6 is 0 Å². The second-order valence-corrected chi connectivity index (χ2v) is 2.87. The summed E-state index contributed by atoms with van der Waals surface area (Å²) < 4.78 is 39.6. The smallest absolute Gasteiger partial charge is 0 e. The van der Waals surface area contributed by atoms with Gasteiger partial charge in [0.15, 0.2) is 0 Å². The first-order valence-corrected chi connectivity index (χ1v) is 5.07. The van der Waals surface area contributed by atoms with Crippen LogP contribution in [0.25, 0.3) is 0 Å². The Balaban J connectivity index is 0. The molecule has 0 aromatic carbocycles. The minimum absolute atomic E-state index is 0. The monoisotopic (exact) mass is 289 g/mol. The number of hydrogen-bond acceptors (Lipinski definition) is 0. The van der Waals surface area contributed by atoms with Crippen LogP contribution in [0, 0.1) is 0 Å². The van der Waals surface area contributed by atoms with Gasteiger partial charge in [0.25, 0.3) is 0 Å². The van der Waals surface area contributed by atoms with Gasteiger partial charge in [0.2, 0.25) is 0 Å². The molecule has 0 amide bonds. The van der Waals surface area contributed by atoms with E-state index in [0.717, 1.165) is 0 Å². The maximum Gasteiger partial charge on any atom is 0 e. The minimum Gasteiger partial charge on any atom is 0 e. The first-order valence-electron chi connectivity index (χ1n) is 0.756. The maximum atomic E-state index is 9.90. The van der Waals surface area contributed by atoms with E-state index in [0.29, 0.717) is 0 Å². The van der Waals surface area contributed by atoms with Gasteiger partial charge in [-0.3, -0.25) is 0 Å². The van der Waals surface area contributed by atoms with Crippen LogP contribution in [0.1, 0.15) is 0 Å². The summed E-state index contributed by atoms with van der Waals surface area (Å²) in [5.41, 5.74) is 0. The molecule has 0 bridgehead atoms. The summed E-state index contributed by atoms with van der Waals surface area (Å²) in [4.78, 5) is 0. The fourth-order valence-corrected chi connectivity index (χ4v) is 0. The van der Waals surface area contributed by atoms with Crippen molar-refractivity contribution in [3.8, 4) is 0 Å². The van der Waals surface area contributed by atoms with Gasteiger partial charge in [-0.25, -0.2) is 0 Å². The molecule has 0 fully saturated rings. The third-order valence-corrected chi connectivity index (χ3v) is 0. The van der Waals surface area contributed by atoms with Crippen molar-refractivity contribution in [1.82, 2.24) is 0 Å². The summed E-state index contributed by atoms with van der Waals surface area (Å²) in [6.07, 6.45) is 0. The third kappa shape index (κ3) is 60.2. The SMILES string of the molecule is [F][Sn]([F])([F])[F].[Nb]. The van der Waals surface area contributed by atoms with Gasteiger partial charge in [-0.1, -0.05) is 0 Å². The van der Waals surface area contributed by atoms with Crippen LogP contribution in [-0.4, -0.2) is 20.7 Å². The van der Waals surface area contributed by atoms with E-state index in [9.17, 15) is 11.5 Å². The summed E-state index contributed by atoms with van der Waals surface area (Å²) in [5.74, 6) is 0. The summed E-state index contributed by atoms with van der Waals surface area (Å²) in [6.45, 7) is 0. The van der Waals surface area contributed by atoms with Gasteiger partial charge in [0.05, 0.1) is 0 Å². The van der Waals surface area contributed by atoms with E-state index in [1.165, 1.54) is 0 Å². The second-order valence-electron chi connectivity index (χ2n) is 0.429. The van der Waals surface area contributed by atoms with E-state index in [1.54, 1.807) is 0 Å². The summed E-state index contributed by atoms with van der Waals surface area (Å²) >= 11 is -7.18. The predicted molar refractivity (Wildman–Crippen MR) is 10.2 cm³/mol. The average molecular weight is 288 g/mol. The molecule has 0 aromatic heterocycles. The molecule has 0 spiro atoms. The van der Waals surface area contributed by atoms with Crippen LogP contribution in [0.3, 0.4) is 0 Å². The van der Waals surface area contributed by atoms with E-state index in [2.05, 4.69) is 0 Å². The number of halogens is 4. The summed E-state index contributed by atoms with van der Waals surface area (Å²) in [7, 11) is 0. The number of rotatable bonds is 0. The molecule has 0 aromatic rings. The quantitative estimate of drug-likeness (QED) is 0.465. The molecule has 6 heavy (non-hydrogen) atoms. The molecule has 0 heterocycles. The van der Waals surface area contributed by atoms with Gasteiger partial charge < -0.3 is 0 Å². The van der Waals surface area contributed by atoms with Crippen molar-refractivity contribution < 1.29 is 33.8 Å². The first kappa shape index (κ1) is 10.3. The van der Waals surface area contributed by atoms with Crippen LogP contribution in [0.15, 0.2) is 0 Å². The Kier molecular flexibility index (Phi) is 5.63. The predicted octanol–water partition coefficient (Wildman–Crippen LogP) is 1.30. The van der Waals surface area contributed by atoms with E-state index < -0.39 is 20.7 Å². The average Bonchev–Trinajstić information content (AvgIpc) is 0.722. The fraction of sp³-hybridized carbons (Fsp3) is 0. The first-order chi connectivity index (χ1) is 2.00. The Hall–Kier alpha value is 1.26. The maximum absolute atomic E-state index is 9.90. The van der Waals surface area contributed by atoms with Crippen LogP contribution in [-0.2, 0) is 22.4 Å². The molecule has 0 saturated heterocycles. The standard InChI is InChI=1S/4FH.Nb.Sn/h4*1H;;/q;;;;;+4/p-4. The largest absolute Gasteiger partial charge is 0 e. The van der Waals surface area contributed by atoms with Crippen molar-refractivity contribution >= 4 is 20.7 Å². The number of hydrogen-bond donors (Lipinski definition) is 0. The molecule has 0 aliphatic heterocycles. The van der Waals surface area contributed by atoms with Gasteiger partial charge in [0.1, 0.15) is 0 Å². The van der Waals surface area contributed by atoms with Gasteiger partial charge in [-0.05, 0) is 0 Å². The van der Waals surface area contributed by atoms with Gasteiger partial charge in [-0.15, -0.1) is 0 Å². The molecule has 0 aliphatic carbocycles. The van der Waals surface area contributed by atoms with Gasteiger partial charge in [0, 0.05) is 22.4 Å². The Morgan fingerprint density at radius 1 is 0.833 bits per heavy atom. The molecule has 37 valence electrons. The summed E-state index contributed by atoms with van der Waals surface area (Å²) in [5, 5.41) is 0.